The quantitative estimate of drug-likeness (QED) is 0.350. The number of rotatable bonds is 7. The molecular weight excluding hydrogens is 388 g/mol. The third kappa shape index (κ3) is 4.59. The minimum Gasteiger partial charge on any atom is -0.493 e. The second kappa shape index (κ2) is 9.02. The summed E-state index contributed by atoms with van der Waals surface area (Å²) in [6.07, 6.45) is 0.754. The van der Waals surface area contributed by atoms with Gasteiger partial charge in [-0.15, -0.1) is 0 Å². The summed E-state index contributed by atoms with van der Waals surface area (Å²) < 4.78 is 5.73. The predicted octanol–water partition coefficient (Wildman–Crippen LogP) is 3.39. The largest absolute Gasteiger partial charge is 0.493 e. The Kier molecular flexibility index (Phi) is 6.00. The van der Waals surface area contributed by atoms with Crippen LogP contribution in [0.3, 0.4) is 0 Å². The van der Waals surface area contributed by atoms with Gasteiger partial charge in [0, 0.05) is 35.7 Å². The van der Waals surface area contributed by atoms with Crippen LogP contribution in [0, 0.1) is 5.41 Å². The van der Waals surface area contributed by atoms with Gasteiger partial charge in [-0.25, -0.2) is 0 Å². The number of nitrogens with two attached hydrogens (primary N) is 2. The van der Waals surface area contributed by atoms with Gasteiger partial charge in [-0.2, -0.15) is 0 Å². The molecule has 0 aromatic heterocycles. The fraction of sp³-hybridized carbons (Fsp3) is 0.200. The molecule has 4 rings (SSSR count). The average Bonchev–Trinajstić information content (AvgIpc) is 3.21. The van der Waals surface area contributed by atoms with E-state index in [0.29, 0.717) is 30.8 Å². The number of amidine groups is 1. The Morgan fingerprint density at radius 1 is 1.03 bits per heavy atom. The van der Waals surface area contributed by atoms with Crippen molar-refractivity contribution in [2.75, 3.05) is 13.2 Å². The lowest BCUT2D eigenvalue weighted by molar-refractivity contribution is 0.0952. The molecule has 158 valence electrons. The molecule has 6 nitrogen and oxygen atoms in total. The highest BCUT2D eigenvalue weighted by Gasteiger charge is 2.24. The van der Waals surface area contributed by atoms with Gasteiger partial charge in [-0.05, 0) is 59.5 Å². The van der Waals surface area contributed by atoms with Crippen molar-refractivity contribution < 1.29 is 9.53 Å². The summed E-state index contributed by atoms with van der Waals surface area (Å²) in [4.78, 5) is 12.6. The Balaban J connectivity index is 1.35. The lowest BCUT2D eigenvalue weighted by Gasteiger charge is -2.11. The molecule has 1 heterocycles. The molecule has 0 bridgehead atoms. The zero-order valence-electron chi connectivity index (χ0n) is 17.2. The molecule has 0 aliphatic carbocycles. The fourth-order valence-electron chi connectivity index (χ4n) is 3.84. The monoisotopic (exact) mass is 414 g/mol. The molecule has 1 aliphatic heterocycles. The Hall–Kier alpha value is -3.64. The van der Waals surface area contributed by atoms with Crippen LogP contribution in [-0.4, -0.2) is 24.9 Å². The average molecular weight is 415 g/mol. The van der Waals surface area contributed by atoms with E-state index in [9.17, 15) is 4.79 Å². The number of nitrogen functional groups attached to an aromatic ring is 1. The van der Waals surface area contributed by atoms with Gasteiger partial charge in [0.05, 0.1) is 6.61 Å². The number of fused-ring (bicyclic) bond motifs is 1. The van der Waals surface area contributed by atoms with Gasteiger partial charge in [0.15, 0.2) is 0 Å². The van der Waals surface area contributed by atoms with Crippen molar-refractivity contribution in [3.05, 3.63) is 89.0 Å². The molecule has 6 N–H and O–H groups in total. The predicted molar refractivity (Wildman–Crippen MR) is 122 cm³/mol. The number of amides is 1. The lowest BCUT2D eigenvalue weighted by Crippen LogP contribution is -2.25. The number of hydrogen-bond donors (Lipinski definition) is 4. The van der Waals surface area contributed by atoms with Crippen LogP contribution in [0.25, 0.3) is 11.1 Å². The standard InChI is InChI=1S/C25H26N4O2/c26-14-16-2-1-3-19(12-16)17-4-6-18(7-5-17)25(30)29-11-10-21-15-31-23-9-8-20(24(27)28)13-22(21)23/h1-9,12-13,21H,10-11,14-15,26H2,(H3,27,28)(H,29,30). The van der Waals surface area contributed by atoms with E-state index < -0.39 is 0 Å². The van der Waals surface area contributed by atoms with Crippen molar-refractivity contribution in [1.82, 2.24) is 5.32 Å². The maximum absolute atomic E-state index is 12.6. The summed E-state index contributed by atoms with van der Waals surface area (Å²) in [5.74, 6) is 0.946. The minimum absolute atomic E-state index is 0.0416. The summed E-state index contributed by atoms with van der Waals surface area (Å²) in [6.45, 7) is 1.61. The highest BCUT2D eigenvalue weighted by molar-refractivity contribution is 5.95. The first-order chi connectivity index (χ1) is 15.0. The molecule has 0 saturated carbocycles. The second-order valence-corrected chi connectivity index (χ2v) is 7.70. The van der Waals surface area contributed by atoms with E-state index >= 15 is 0 Å². The van der Waals surface area contributed by atoms with E-state index in [1.165, 1.54) is 0 Å². The van der Waals surface area contributed by atoms with Crippen molar-refractivity contribution in [3.8, 4) is 16.9 Å². The molecule has 1 amide bonds. The Labute approximate surface area is 181 Å². The zero-order chi connectivity index (χ0) is 21.8. The minimum atomic E-state index is -0.0983. The first-order valence-corrected chi connectivity index (χ1v) is 10.3. The van der Waals surface area contributed by atoms with Gasteiger partial charge in [-0.1, -0.05) is 30.3 Å². The maximum Gasteiger partial charge on any atom is 0.251 e. The highest BCUT2D eigenvalue weighted by Crippen LogP contribution is 2.36. The van der Waals surface area contributed by atoms with Crippen LogP contribution in [0.4, 0.5) is 0 Å². The molecule has 1 unspecified atom stereocenters. The summed E-state index contributed by atoms with van der Waals surface area (Å²) >= 11 is 0. The maximum atomic E-state index is 12.6. The summed E-state index contributed by atoms with van der Waals surface area (Å²) in [6, 6.07) is 21.2. The summed E-state index contributed by atoms with van der Waals surface area (Å²) in [5.41, 5.74) is 16.9. The van der Waals surface area contributed by atoms with Crippen LogP contribution >= 0.6 is 0 Å². The molecule has 6 heteroatoms. The number of carbonyl (C=O) groups excluding carboxylic acids is 1. The van der Waals surface area contributed by atoms with E-state index in [-0.39, 0.29) is 17.7 Å². The lowest BCUT2D eigenvalue weighted by atomic mass is 9.96. The van der Waals surface area contributed by atoms with Crippen LogP contribution < -0.4 is 21.5 Å². The van der Waals surface area contributed by atoms with Crippen LogP contribution in [-0.2, 0) is 6.54 Å². The highest BCUT2D eigenvalue weighted by atomic mass is 16.5. The first kappa shape index (κ1) is 20.6. The Bertz CT molecular complexity index is 1110. The van der Waals surface area contributed by atoms with Gasteiger partial charge in [-0.3, -0.25) is 10.2 Å². The SMILES string of the molecule is N=C(N)c1ccc2c(c1)C(CCNC(=O)c1ccc(-c3cccc(CN)c3)cc1)CO2. The summed E-state index contributed by atoms with van der Waals surface area (Å²) in [7, 11) is 0. The van der Waals surface area contributed by atoms with Crippen molar-refractivity contribution >= 4 is 11.7 Å². The number of carbonyl (C=O) groups is 1. The fourth-order valence-corrected chi connectivity index (χ4v) is 3.84. The zero-order valence-corrected chi connectivity index (χ0v) is 17.2. The molecular formula is C25H26N4O2. The van der Waals surface area contributed by atoms with Gasteiger partial charge in [0.25, 0.3) is 5.91 Å². The van der Waals surface area contributed by atoms with Crippen LogP contribution in [0.1, 0.15) is 39.4 Å². The molecule has 31 heavy (non-hydrogen) atoms. The van der Waals surface area contributed by atoms with E-state index in [2.05, 4.69) is 11.4 Å². The molecule has 0 fully saturated rings. The molecule has 0 radical (unpaired) electrons. The number of ether oxygens (including phenoxy) is 1. The topological polar surface area (TPSA) is 114 Å². The Morgan fingerprint density at radius 3 is 2.55 bits per heavy atom. The van der Waals surface area contributed by atoms with Crippen LogP contribution in [0.2, 0.25) is 0 Å². The normalized spacial score (nSPS) is 14.5. The molecule has 0 saturated heterocycles. The first-order valence-electron chi connectivity index (χ1n) is 10.3. The molecule has 3 aromatic rings. The molecule has 1 aliphatic rings. The smallest absolute Gasteiger partial charge is 0.251 e. The van der Waals surface area contributed by atoms with Gasteiger partial charge in [0.1, 0.15) is 11.6 Å². The number of nitrogens with one attached hydrogen (secondary N) is 2. The van der Waals surface area contributed by atoms with E-state index in [1.807, 2.05) is 54.6 Å². The summed E-state index contributed by atoms with van der Waals surface area (Å²) in [5, 5.41) is 10.6. The molecule has 0 spiro atoms. The second-order valence-electron chi connectivity index (χ2n) is 7.70. The van der Waals surface area contributed by atoms with Crippen molar-refractivity contribution in [1.29, 1.82) is 5.41 Å². The van der Waals surface area contributed by atoms with Gasteiger partial charge in [0.2, 0.25) is 0 Å². The van der Waals surface area contributed by atoms with Crippen molar-refractivity contribution in [2.45, 2.75) is 18.9 Å². The van der Waals surface area contributed by atoms with Crippen molar-refractivity contribution in [2.24, 2.45) is 11.5 Å². The van der Waals surface area contributed by atoms with E-state index in [4.69, 9.17) is 21.6 Å². The number of benzene rings is 3. The van der Waals surface area contributed by atoms with Gasteiger partial charge >= 0.3 is 0 Å². The molecule has 1 atom stereocenters. The van der Waals surface area contributed by atoms with E-state index in [1.54, 1.807) is 6.07 Å². The van der Waals surface area contributed by atoms with Crippen LogP contribution in [0.5, 0.6) is 5.75 Å². The van der Waals surface area contributed by atoms with Gasteiger partial charge < -0.3 is 21.5 Å². The van der Waals surface area contributed by atoms with E-state index in [0.717, 1.165) is 34.4 Å². The third-order valence-electron chi connectivity index (χ3n) is 5.62. The third-order valence-corrected chi connectivity index (χ3v) is 5.62. The van der Waals surface area contributed by atoms with Crippen molar-refractivity contribution in [3.63, 3.8) is 0 Å². The Morgan fingerprint density at radius 2 is 1.81 bits per heavy atom. The number of hydrogen-bond acceptors (Lipinski definition) is 4. The molecule has 3 aromatic carbocycles. The van der Waals surface area contributed by atoms with Crippen LogP contribution in [0.15, 0.2) is 66.7 Å².